The van der Waals surface area contributed by atoms with Gasteiger partial charge in [-0.2, -0.15) is 0 Å². The zero-order chi connectivity index (χ0) is 13.8. The number of pyridine rings is 1. The summed E-state index contributed by atoms with van der Waals surface area (Å²) in [4.78, 5) is 4.65. The summed E-state index contributed by atoms with van der Waals surface area (Å²) in [6, 6.07) is 14.1. The van der Waals surface area contributed by atoms with Gasteiger partial charge in [0.05, 0.1) is 0 Å². The van der Waals surface area contributed by atoms with Crippen LogP contribution >= 0.6 is 0 Å². The molecule has 20 heavy (non-hydrogen) atoms. The maximum absolute atomic E-state index is 5.83. The maximum atomic E-state index is 5.83. The van der Waals surface area contributed by atoms with Crippen molar-refractivity contribution in [3.63, 3.8) is 0 Å². The largest absolute Gasteiger partial charge is 0.439 e. The summed E-state index contributed by atoms with van der Waals surface area (Å²) in [6.07, 6.45) is 2.42. The summed E-state index contributed by atoms with van der Waals surface area (Å²) < 4.78 is 5.83. The molecule has 1 fully saturated rings. The lowest BCUT2D eigenvalue weighted by Gasteiger charge is -2.22. The quantitative estimate of drug-likeness (QED) is 0.922. The zero-order valence-electron chi connectivity index (χ0n) is 11.8. The van der Waals surface area contributed by atoms with Gasteiger partial charge in [-0.1, -0.05) is 23.8 Å². The molecule has 3 heteroatoms. The normalized spacial score (nSPS) is 18.8. The average Bonchev–Trinajstić information content (AvgIpc) is 2.51. The molecule has 0 bridgehead atoms. The van der Waals surface area contributed by atoms with Crippen molar-refractivity contribution >= 4 is 0 Å². The number of aromatic nitrogens is 1. The molecule has 2 heterocycles. The maximum Gasteiger partial charge on any atom is 0.219 e. The van der Waals surface area contributed by atoms with Crippen molar-refractivity contribution in [2.75, 3.05) is 13.1 Å². The highest BCUT2D eigenvalue weighted by molar-refractivity contribution is 5.30. The Kier molecular flexibility index (Phi) is 3.97. The molecule has 0 amide bonds. The first kappa shape index (κ1) is 13.1. The molecule has 2 aromatic rings. The Hall–Kier alpha value is -1.87. The lowest BCUT2D eigenvalue weighted by molar-refractivity contribution is 0.435. The summed E-state index contributed by atoms with van der Waals surface area (Å²) in [5, 5.41) is 3.43. The number of ether oxygens (including phenoxy) is 1. The first-order valence-electron chi connectivity index (χ1n) is 7.23. The second-order valence-corrected chi connectivity index (χ2v) is 5.36. The summed E-state index contributed by atoms with van der Waals surface area (Å²) in [6.45, 7) is 4.20. The minimum Gasteiger partial charge on any atom is -0.439 e. The molecule has 3 rings (SSSR count). The van der Waals surface area contributed by atoms with Crippen LogP contribution in [0.2, 0.25) is 0 Å². The van der Waals surface area contributed by atoms with E-state index >= 15 is 0 Å². The molecular weight excluding hydrogens is 248 g/mol. The van der Waals surface area contributed by atoms with E-state index in [2.05, 4.69) is 23.3 Å². The minimum atomic E-state index is 0.505. The molecule has 1 aliphatic rings. The summed E-state index contributed by atoms with van der Waals surface area (Å²) in [5.74, 6) is 2.02. The third kappa shape index (κ3) is 3.17. The molecule has 1 aromatic carbocycles. The number of hydrogen-bond donors (Lipinski definition) is 1. The Morgan fingerprint density at radius 3 is 2.75 bits per heavy atom. The van der Waals surface area contributed by atoms with E-state index in [1.807, 2.05) is 36.4 Å². The molecular formula is C17H20N2O. The van der Waals surface area contributed by atoms with Gasteiger partial charge >= 0.3 is 0 Å². The van der Waals surface area contributed by atoms with E-state index in [1.54, 1.807) is 0 Å². The predicted molar refractivity (Wildman–Crippen MR) is 80.3 cm³/mol. The van der Waals surface area contributed by atoms with Crippen molar-refractivity contribution in [2.24, 2.45) is 0 Å². The van der Waals surface area contributed by atoms with Gasteiger partial charge in [0.15, 0.2) is 0 Å². The Labute approximate surface area is 120 Å². The van der Waals surface area contributed by atoms with E-state index in [0.717, 1.165) is 24.5 Å². The van der Waals surface area contributed by atoms with Crippen molar-refractivity contribution in [3.8, 4) is 11.6 Å². The SMILES string of the molecule is Cc1ccc(Oc2cccc([C@H]3CCCNC3)n2)cc1. The molecule has 1 aromatic heterocycles. The lowest BCUT2D eigenvalue weighted by Crippen LogP contribution is -2.28. The summed E-state index contributed by atoms with van der Waals surface area (Å²) in [5.41, 5.74) is 2.36. The van der Waals surface area contributed by atoms with Crippen molar-refractivity contribution in [1.29, 1.82) is 0 Å². The first-order chi connectivity index (χ1) is 9.81. The first-order valence-corrected chi connectivity index (χ1v) is 7.23. The van der Waals surface area contributed by atoms with Crippen LogP contribution in [0.1, 0.15) is 30.0 Å². The van der Waals surface area contributed by atoms with Gasteiger partial charge in [0.1, 0.15) is 5.75 Å². The fourth-order valence-corrected chi connectivity index (χ4v) is 2.55. The number of rotatable bonds is 3. The number of nitrogens with zero attached hydrogens (tertiary/aromatic N) is 1. The fraction of sp³-hybridized carbons (Fsp3) is 0.353. The summed E-state index contributed by atoms with van der Waals surface area (Å²) >= 11 is 0. The molecule has 0 spiro atoms. The smallest absolute Gasteiger partial charge is 0.219 e. The number of hydrogen-bond acceptors (Lipinski definition) is 3. The highest BCUT2D eigenvalue weighted by Crippen LogP contribution is 2.25. The second kappa shape index (κ2) is 6.06. The van der Waals surface area contributed by atoms with Crippen LogP contribution in [0.5, 0.6) is 11.6 Å². The van der Waals surface area contributed by atoms with Crippen LogP contribution in [-0.2, 0) is 0 Å². The van der Waals surface area contributed by atoms with Gasteiger partial charge < -0.3 is 10.1 Å². The van der Waals surface area contributed by atoms with Gasteiger partial charge in [-0.3, -0.25) is 0 Å². The number of nitrogens with one attached hydrogen (secondary N) is 1. The van der Waals surface area contributed by atoms with E-state index in [-0.39, 0.29) is 0 Å². The zero-order valence-corrected chi connectivity index (χ0v) is 11.8. The van der Waals surface area contributed by atoms with Crippen molar-refractivity contribution in [1.82, 2.24) is 10.3 Å². The lowest BCUT2D eigenvalue weighted by atomic mass is 9.96. The standard InChI is InChI=1S/C17H20N2O/c1-13-7-9-15(10-8-13)20-17-6-2-5-16(19-17)14-4-3-11-18-12-14/h2,5-10,14,18H,3-4,11-12H2,1H3/t14-/m0/s1. The topological polar surface area (TPSA) is 34.1 Å². The molecule has 0 unspecified atom stereocenters. The van der Waals surface area contributed by atoms with Crippen LogP contribution in [0, 0.1) is 6.92 Å². The van der Waals surface area contributed by atoms with Crippen LogP contribution in [-0.4, -0.2) is 18.1 Å². The van der Waals surface area contributed by atoms with E-state index in [0.29, 0.717) is 11.8 Å². The van der Waals surface area contributed by atoms with Crippen LogP contribution in [0.3, 0.4) is 0 Å². The van der Waals surface area contributed by atoms with Gasteiger partial charge in [0.25, 0.3) is 0 Å². The van der Waals surface area contributed by atoms with Crippen molar-refractivity contribution in [3.05, 3.63) is 53.7 Å². The van der Waals surface area contributed by atoms with Gasteiger partial charge in [-0.05, 0) is 44.5 Å². The fourth-order valence-electron chi connectivity index (χ4n) is 2.55. The van der Waals surface area contributed by atoms with E-state index in [1.165, 1.54) is 18.4 Å². The van der Waals surface area contributed by atoms with Crippen LogP contribution in [0.4, 0.5) is 0 Å². The van der Waals surface area contributed by atoms with Gasteiger partial charge in [-0.15, -0.1) is 0 Å². The van der Waals surface area contributed by atoms with Crippen LogP contribution < -0.4 is 10.1 Å². The van der Waals surface area contributed by atoms with E-state index < -0.39 is 0 Å². The van der Waals surface area contributed by atoms with Crippen LogP contribution in [0.15, 0.2) is 42.5 Å². The third-order valence-electron chi connectivity index (χ3n) is 3.70. The molecule has 1 aliphatic heterocycles. The second-order valence-electron chi connectivity index (χ2n) is 5.36. The summed E-state index contributed by atoms with van der Waals surface area (Å²) in [7, 11) is 0. The van der Waals surface area contributed by atoms with Crippen LogP contribution in [0.25, 0.3) is 0 Å². The average molecular weight is 268 g/mol. The Morgan fingerprint density at radius 1 is 1.15 bits per heavy atom. The van der Waals surface area contributed by atoms with Gasteiger partial charge in [-0.25, -0.2) is 4.98 Å². The van der Waals surface area contributed by atoms with Crippen molar-refractivity contribution in [2.45, 2.75) is 25.7 Å². The minimum absolute atomic E-state index is 0.505. The van der Waals surface area contributed by atoms with Gasteiger partial charge in [0.2, 0.25) is 5.88 Å². The molecule has 1 N–H and O–H groups in total. The highest BCUT2D eigenvalue weighted by atomic mass is 16.5. The Morgan fingerprint density at radius 2 is 2.00 bits per heavy atom. The molecule has 1 saturated heterocycles. The molecule has 0 radical (unpaired) electrons. The van der Waals surface area contributed by atoms with Gasteiger partial charge in [0, 0.05) is 24.2 Å². The third-order valence-corrected chi connectivity index (χ3v) is 3.70. The molecule has 0 saturated carbocycles. The molecule has 3 nitrogen and oxygen atoms in total. The highest BCUT2D eigenvalue weighted by Gasteiger charge is 2.16. The molecule has 0 aliphatic carbocycles. The number of piperidine rings is 1. The number of benzene rings is 1. The van der Waals surface area contributed by atoms with Crippen molar-refractivity contribution < 1.29 is 4.74 Å². The Balaban J connectivity index is 1.75. The number of aryl methyl sites for hydroxylation is 1. The molecule has 1 atom stereocenters. The predicted octanol–water partition coefficient (Wildman–Crippen LogP) is 3.65. The van der Waals surface area contributed by atoms with E-state index in [4.69, 9.17) is 4.74 Å². The Bertz CT molecular complexity index is 559. The monoisotopic (exact) mass is 268 g/mol. The molecule has 104 valence electrons. The van der Waals surface area contributed by atoms with E-state index in [9.17, 15) is 0 Å².